The summed E-state index contributed by atoms with van der Waals surface area (Å²) in [6.07, 6.45) is 0.499. The standard InChI is InChI=1S/C16H13ClF2N2/c17-10-16-20-14-6-5-12(18)9-15(14)21(16)8-7-11-3-1-2-4-13(11)19/h1-6,9H,7-8,10H2. The first-order valence-electron chi connectivity index (χ1n) is 6.63. The molecule has 5 heteroatoms. The Hall–Kier alpha value is -1.94. The van der Waals surface area contributed by atoms with Gasteiger partial charge in [0, 0.05) is 6.54 Å². The zero-order valence-corrected chi connectivity index (χ0v) is 11.9. The number of alkyl halides is 1. The van der Waals surface area contributed by atoms with E-state index in [1.165, 1.54) is 18.2 Å². The lowest BCUT2D eigenvalue weighted by molar-refractivity contribution is 0.592. The fourth-order valence-corrected chi connectivity index (χ4v) is 2.63. The average molecular weight is 307 g/mol. The van der Waals surface area contributed by atoms with Crippen LogP contribution in [0.3, 0.4) is 0 Å². The molecule has 21 heavy (non-hydrogen) atoms. The molecule has 0 unspecified atom stereocenters. The van der Waals surface area contributed by atoms with Crippen molar-refractivity contribution in [2.45, 2.75) is 18.8 Å². The van der Waals surface area contributed by atoms with Gasteiger partial charge in [0.15, 0.2) is 0 Å². The summed E-state index contributed by atoms with van der Waals surface area (Å²) in [7, 11) is 0. The van der Waals surface area contributed by atoms with E-state index in [2.05, 4.69) is 4.98 Å². The van der Waals surface area contributed by atoms with Crippen LogP contribution in [0.25, 0.3) is 11.0 Å². The number of rotatable bonds is 4. The molecule has 2 aromatic carbocycles. The molecular formula is C16H13ClF2N2. The molecule has 0 N–H and O–H groups in total. The summed E-state index contributed by atoms with van der Waals surface area (Å²) in [6, 6.07) is 11.1. The van der Waals surface area contributed by atoms with Crippen LogP contribution in [-0.2, 0) is 18.8 Å². The number of halogens is 3. The molecule has 0 aliphatic carbocycles. The highest BCUT2D eigenvalue weighted by Crippen LogP contribution is 2.20. The number of imidazole rings is 1. The number of hydrogen-bond donors (Lipinski definition) is 0. The highest BCUT2D eigenvalue weighted by Gasteiger charge is 2.11. The van der Waals surface area contributed by atoms with E-state index in [0.29, 0.717) is 35.4 Å². The van der Waals surface area contributed by atoms with Gasteiger partial charge in [-0.25, -0.2) is 13.8 Å². The Kier molecular flexibility index (Phi) is 3.88. The first kappa shape index (κ1) is 14.0. The molecular weight excluding hydrogens is 294 g/mol. The molecule has 3 aromatic rings. The second-order valence-corrected chi connectivity index (χ2v) is 5.06. The Morgan fingerprint density at radius 1 is 1.10 bits per heavy atom. The van der Waals surface area contributed by atoms with Crippen LogP contribution in [-0.4, -0.2) is 9.55 Å². The van der Waals surface area contributed by atoms with E-state index in [1.807, 2.05) is 4.57 Å². The van der Waals surface area contributed by atoms with E-state index in [-0.39, 0.29) is 17.5 Å². The van der Waals surface area contributed by atoms with Gasteiger partial charge in [-0.05, 0) is 36.2 Å². The molecule has 1 aromatic heterocycles. The summed E-state index contributed by atoms with van der Waals surface area (Å²) >= 11 is 5.91. The van der Waals surface area contributed by atoms with Crippen LogP contribution in [0.15, 0.2) is 42.5 Å². The van der Waals surface area contributed by atoms with E-state index in [1.54, 1.807) is 24.3 Å². The van der Waals surface area contributed by atoms with Crippen molar-refractivity contribution in [2.75, 3.05) is 0 Å². The summed E-state index contributed by atoms with van der Waals surface area (Å²) in [5.74, 6) is 0.331. The van der Waals surface area contributed by atoms with Crippen molar-refractivity contribution >= 4 is 22.6 Å². The SMILES string of the molecule is Fc1ccc2nc(CCl)n(CCc3ccccc3F)c2c1. The number of benzene rings is 2. The van der Waals surface area contributed by atoms with E-state index < -0.39 is 0 Å². The average Bonchev–Trinajstić information content (AvgIpc) is 2.83. The van der Waals surface area contributed by atoms with E-state index in [0.717, 1.165) is 0 Å². The highest BCUT2D eigenvalue weighted by atomic mass is 35.5. The Morgan fingerprint density at radius 2 is 1.90 bits per heavy atom. The zero-order chi connectivity index (χ0) is 14.8. The maximum Gasteiger partial charge on any atom is 0.126 e. The lowest BCUT2D eigenvalue weighted by Gasteiger charge is -2.08. The first-order chi connectivity index (χ1) is 10.2. The van der Waals surface area contributed by atoms with Crippen molar-refractivity contribution in [1.82, 2.24) is 9.55 Å². The summed E-state index contributed by atoms with van der Waals surface area (Å²) < 4.78 is 28.9. The van der Waals surface area contributed by atoms with Crippen LogP contribution in [0.5, 0.6) is 0 Å². The second kappa shape index (κ2) is 5.82. The number of aromatic nitrogens is 2. The van der Waals surface area contributed by atoms with Gasteiger partial charge in [0.05, 0.1) is 16.9 Å². The third kappa shape index (κ3) is 2.76. The van der Waals surface area contributed by atoms with Gasteiger partial charge >= 0.3 is 0 Å². The molecule has 0 saturated heterocycles. The summed E-state index contributed by atoms with van der Waals surface area (Å²) in [5.41, 5.74) is 2.00. The van der Waals surface area contributed by atoms with Crippen LogP contribution in [0.2, 0.25) is 0 Å². The van der Waals surface area contributed by atoms with Gasteiger partial charge in [0.2, 0.25) is 0 Å². The van der Waals surface area contributed by atoms with Crippen LogP contribution >= 0.6 is 11.6 Å². The smallest absolute Gasteiger partial charge is 0.126 e. The maximum atomic E-state index is 13.7. The van der Waals surface area contributed by atoms with Crippen molar-refractivity contribution in [1.29, 1.82) is 0 Å². The monoisotopic (exact) mass is 306 g/mol. The molecule has 0 spiro atoms. The van der Waals surface area contributed by atoms with E-state index in [4.69, 9.17) is 11.6 Å². The van der Waals surface area contributed by atoms with Crippen molar-refractivity contribution in [3.63, 3.8) is 0 Å². The van der Waals surface area contributed by atoms with Gasteiger partial charge < -0.3 is 4.57 Å². The Labute approximate surface area is 126 Å². The predicted molar refractivity (Wildman–Crippen MR) is 79.4 cm³/mol. The van der Waals surface area contributed by atoms with Gasteiger partial charge in [0.25, 0.3) is 0 Å². The minimum absolute atomic E-state index is 0.230. The largest absolute Gasteiger partial charge is 0.327 e. The molecule has 2 nitrogen and oxygen atoms in total. The van der Waals surface area contributed by atoms with E-state index in [9.17, 15) is 8.78 Å². The quantitative estimate of drug-likeness (QED) is 0.657. The summed E-state index contributed by atoms with van der Waals surface area (Å²) in [4.78, 5) is 4.38. The molecule has 0 atom stereocenters. The first-order valence-corrected chi connectivity index (χ1v) is 7.16. The van der Waals surface area contributed by atoms with Gasteiger partial charge in [-0.3, -0.25) is 0 Å². The summed E-state index contributed by atoms with van der Waals surface area (Å²) in [5, 5.41) is 0. The van der Waals surface area contributed by atoms with Crippen LogP contribution in [0, 0.1) is 11.6 Å². The minimum Gasteiger partial charge on any atom is -0.327 e. The molecule has 0 fully saturated rings. The van der Waals surface area contributed by atoms with Crippen molar-refractivity contribution in [2.24, 2.45) is 0 Å². The molecule has 0 aliphatic rings. The van der Waals surface area contributed by atoms with Gasteiger partial charge in [-0.15, -0.1) is 11.6 Å². The molecule has 108 valence electrons. The Balaban J connectivity index is 1.96. The Morgan fingerprint density at radius 3 is 2.67 bits per heavy atom. The fraction of sp³-hybridized carbons (Fsp3) is 0.188. The zero-order valence-electron chi connectivity index (χ0n) is 11.2. The van der Waals surface area contributed by atoms with Gasteiger partial charge in [-0.1, -0.05) is 18.2 Å². The van der Waals surface area contributed by atoms with Gasteiger partial charge in [-0.2, -0.15) is 0 Å². The predicted octanol–water partition coefficient (Wildman–Crippen LogP) is 4.30. The number of fused-ring (bicyclic) bond motifs is 1. The maximum absolute atomic E-state index is 13.7. The van der Waals surface area contributed by atoms with Crippen molar-refractivity contribution in [3.8, 4) is 0 Å². The van der Waals surface area contributed by atoms with Crippen molar-refractivity contribution in [3.05, 3.63) is 65.5 Å². The molecule has 0 radical (unpaired) electrons. The molecule has 0 aliphatic heterocycles. The van der Waals surface area contributed by atoms with E-state index >= 15 is 0 Å². The number of hydrogen-bond acceptors (Lipinski definition) is 1. The minimum atomic E-state index is -0.323. The lowest BCUT2D eigenvalue weighted by atomic mass is 10.1. The third-order valence-corrected chi connectivity index (χ3v) is 3.71. The summed E-state index contributed by atoms with van der Waals surface area (Å²) in [6.45, 7) is 0.503. The van der Waals surface area contributed by atoms with Crippen LogP contribution < -0.4 is 0 Å². The molecule has 0 saturated carbocycles. The van der Waals surface area contributed by atoms with Crippen LogP contribution in [0.4, 0.5) is 8.78 Å². The molecule has 1 heterocycles. The molecule has 0 bridgehead atoms. The normalized spacial score (nSPS) is 11.2. The van der Waals surface area contributed by atoms with Gasteiger partial charge in [0.1, 0.15) is 17.5 Å². The topological polar surface area (TPSA) is 17.8 Å². The van der Waals surface area contributed by atoms with Crippen LogP contribution in [0.1, 0.15) is 11.4 Å². The fourth-order valence-electron chi connectivity index (χ4n) is 2.43. The molecule has 3 rings (SSSR count). The number of aryl methyl sites for hydroxylation is 2. The lowest BCUT2D eigenvalue weighted by Crippen LogP contribution is -2.06. The second-order valence-electron chi connectivity index (χ2n) is 4.79. The highest BCUT2D eigenvalue weighted by molar-refractivity contribution is 6.16. The Bertz CT molecular complexity index is 783. The van der Waals surface area contributed by atoms with Crippen molar-refractivity contribution < 1.29 is 8.78 Å². The number of nitrogens with zero attached hydrogens (tertiary/aromatic N) is 2. The molecule has 0 amide bonds. The third-order valence-electron chi connectivity index (χ3n) is 3.47.